The minimum Gasteiger partial charge on any atom is -0.508 e. The molecular formula is C46H66N8O11. The Morgan fingerprint density at radius 2 is 1.37 bits per heavy atom. The number of aliphatic imine (C=N–C) groups is 1. The molecule has 0 aliphatic heterocycles. The number of urea groups is 1. The standard InChI is InChI=1S/C46H66N8O11/c1-5-39(56)48-21-22-50-44(59)54-43(47)49-20-10-15-38(41(57)52-32-33-16-18-36(55)19-17-33)53-42(58)40(34-11-7-6-8-12-34)35-13-9-14-37(31-35)64-30-29-63-28-27-62-26-25-61-24-23-51-45(60)65-46(2,3)4/h6-9,11-14,16-19,31,38,40,55H,5,10,15,20-30,32H2,1-4H3,(H,48,56)(H,51,60)(H,52,57)(H,53,58)(H4,47,49,50,54,59)/t38-,40?/m1/s1. The Kier molecular flexibility index (Phi) is 24.3. The van der Waals surface area contributed by atoms with Crippen LogP contribution in [-0.4, -0.2) is 125 Å². The van der Waals surface area contributed by atoms with E-state index in [0.717, 1.165) is 5.56 Å². The molecule has 19 heteroatoms. The van der Waals surface area contributed by atoms with Crippen LogP contribution in [0.25, 0.3) is 0 Å². The molecule has 2 atom stereocenters. The molecule has 0 saturated carbocycles. The molecular weight excluding hydrogens is 841 g/mol. The maximum absolute atomic E-state index is 14.3. The fourth-order valence-electron chi connectivity index (χ4n) is 5.87. The number of carbonyl (C=O) groups is 5. The van der Waals surface area contributed by atoms with Crippen LogP contribution in [0.2, 0.25) is 0 Å². The van der Waals surface area contributed by atoms with Gasteiger partial charge in [0.15, 0.2) is 5.96 Å². The first-order chi connectivity index (χ1) is 31.2. The smallest absolute Gasteiger partial charge is 0.407 e. The number of nitrogens with zero attached hydrogens (tertiary/aromatic N) is 1. The van der Waals surface area contributed by atoms with E-state index in [9.17, 15) is 29.1 Å². The lowest BCUT2D eigenvalue weighted by Gasteiger charge is -2.23. The van der Waals surface area contributed by atoms with Gasteiger partial charge in [0, 0.05) is 39.1 Å². The molecule has 3 aromatic carbocycles. The molecule has 0 aromatic heterocycles. The number of phenolic OH excluding ortho intramolecular Hbond substituents is 1. The molecule has 3 rings (SSSR count). The number of benzene rings is 3. The van der Waals surface area contributed by atoms with E-state index in [1.807, 2.05) is 36.4 Å². The first-order valence-corrected chi connectivity index (χ1v) is 21.7. The van der Waals surface area contributed by atoms with Gasteiger partial charge < -0.3 is 61.1 Å². The lowest BCUT2D eigenvalue weighted by molar-refractivity contribution is -0.129. The minimum atomic E-state index is -0.974. The predicted octanol–water partition coefficient (Wildman–Crippen LogP) is 3.20. The topological polar surface area (TPSA) is 262 Å². The lowest BCUT2D eigenvalue weighted by atomic mass is 9.90. The van der Waals surface area contributed by atoms with E-state index in [1.54, 1.807) is 58.0 Å². The summed E-state index contributed by atoms with van der Waals surface area (Å²) >= 11 is 0. The summed E-state index contributed by atoms with van der Waals surface area (Å²) in [6.45, 7) is 10.5. The molecule has 0 aliphatic rings. The molecule has 0 fully saturated rings. The van der Waals surface area contributed by atoms with Gasteiger partial charge in [0.25, 0.3) is 0 Å². The van der Waals surface area contributed by atoms with Crippen molar-refractivity contribution in [2.24, 2.45) is 10.7 Å². The van der Waals surface area contributed by atoms with E-state index in [-0.39, 0.29) is 56.8 Å². The van der Waals surface area contributed by atoms with Crippen LogP contribution in [0.4, 0.5) is 9.59 Å². The zero-order valence-electron chi connectivity index (χ0n) is 37.8. The van der Waals surface area contributed by atoms with E-state index in [2.05, 4.69) is 36.9 Å². The summed E-state index contributed by atoms with van der Waals surface area (Å²) in [7, 11) is 0. The third-order valence-electron chi connectivity index (χ3n) is 9.01. The van der Waals surface area contributed by atoms with Crippen molar-refractivity contribution in [3.05, 3.63) is 95.6 Å². The average molecular weight is 907 g/mol. The third kappa shape index (κ3) is 23.2. The van der Waals surface area contributed by atoms with Crippen LogP contribution in [0.15, 0.2) is 83.9 Å². The van der Waals surface area contributed by atoms with Crippen LogP contribution >= 0.6 is 0 Å². The molecule has 1 unspecified atom stereocenters. The first-order valence-electron chi connectivity index (χ1n) is 21.7. The lowest BCUT2D eigenvalue weighted by Crippen LogP contribution is -2.48. The Labute approximate surface area is 380 Å². The number of nitrogens with one attached hydrogen (secondary N) is 6. The molecule has 0 spiro atoms. The summed E-state index contributed by atoms with van der Waals surface area (Å²) in [6, 6.07) is 21.2. The van der Waals surface area contributed by atoms with E-state index < -0.39 is 41.5 Å². The summed E-state index contributed by atoms with van der Waals surface area (Å²) in [5.41, 5.74) is 7.44. The number of aromatic hydroxyl groups is 1. The summed E-state index contributed by atoms with van der Waals surface area (Å²) in [5.74, 6) is -1.29. The van der Waals surface area contributed by atoms with Gasteiger partial charge in [-0.15, -0.1) is 0 Å². The maximum atomic E-state index is 14.3. The summed E-state index contributed by atoms with van der Waals surface area (Å²) < 4.78 is 27.8. The molecule has 65 heavy (non-hydrogen) atoms. The Bertz CT molecular complexity index is 1930. The van der Waals surface area contributed by atoms with Crippen LogP contribution in [0, 0.1) is 0 Å². The summed E-state index contributed by atoms with van der Waals surface area (Å²) in [4.78, 5) is 67.4. The van der Waals surface area contributed by atoms with E-state index in [0.29, 0.717) is 75.9 Å². The van der Waals surface area contributed by atoms with Crippen molar-refractivity contribution in [1.82, 2.24) is 31.9 Å². The Morgan fingerprint density at radius 3 is 2.05 bits per heavy atom. The van der Waals surface area contributed by atoms with Crippen molar-refractivity contribution in [2.75, 3.05) is 72.4 Å². The normalized spacial score (nSPS) is 12.3. The number of hydrogen-bond acceptors (Lipinski definition) is 12. The van der Waals surface area contributed by atoms with Crippen molar-refractivity contribution < 1.29 is 52.8 Å². The highest BCUT2D eigenvalue weighted by atomic mass is 16.6. The van der Waals surface area contributed by atoms with E-state index in [4.69, 9.17) is 29.4 Å². The molecule has 9 N–H and O–H groups in total. The van der Waals surface area contributed by atoms with Crippen LogP contribution in [0.3, 0.4) is 0 Å². The second-order valence-electron chi connectivity index (χ2n) is 15.5. The van der Waals surface area contributed by atoms with Crippen LogP contribution in [0.5, 0.6) is 11.5 Å². The van der Waals surface area contributed by atoms with Crippen molar-refractivity contribution in [1.29, 1.82) is 0 Å². The predicted molar refractivity (Wildman–Crippen MR) is 244 cm³/mol. The third-order valence-corrected chi connectivity index (χ3v) is 9.01. The van der Waals surface area contributed by atoms with Crippen LogP contribution in [-0.2, 0) is 39.9 Å². The summed E-state index contributed by atoms with van der Waals surface area (Å²) in [5, 5.41) is 25.8. The van der Waals surface area contributed by atoms with Gasteiger partial charge in [-0.25, -0.2) is 9.59 Å². The second kappa shape index (κ2) is 29.8. The summed E-state index contributed by atoms with van der Waals surface area (Å²) in [6.07, 6.45) is 0.355. The van der Waals surface area contributed by atoms with Crippen molar-refractivity contribution in [2.45, 2.75) is 71.1 Å². The second-order valence-corrected chi connectivity index (χ2v) is 15.5. The average Bonchev–Trinajstić information content (AvgIpc) is 3.27. The van der Waals surface area contributed by atoms with E-state index >= 15 is 0 Å². The van der Waals surface area contributed by atoms with Crippen LogP contribution < -0.4 is 42.4 Å². The number of hydrogen-bond donors (Lipinski definition) is 8. The highest BCUT2D eigenvalue weighted by Crippen LogP contribution is 2.28. The monoisotopic (exact) mass is 906 g/mol. The zero-order valence-corrected chi connectivity index (χ0v) is 37.8. The van der Waals surface area contributed by atoms with E-state index in [1.165, 1.54) is 12.1 Å². The largest absolute Gasteiger partial charge is 0.508 e. The Morgan fingerprint density at radius 1 is 0.723 bits per heavy atom. The van der Waals surface area contributed by atoms with Gasteiger partial charge in [-0.05, 0) is 74.6 Å². The fraction of sp³-hybridized carbons (Fsp3) is 0.478. The van der Waals surface area contributed by atoms with Gasteiger partial charge in [-0.3, -0.25) is 24.7 Å². The number of rotatable bonds is 28. The van der Waals surface area contributed by atoms with Crippen LogP contribution in [0.1, 0.15) is 69.6 Å². The van der Waals surface area contributed by atoms with Gasteiger partial charge in [0.2, 0.25) is 17.7 Å². The number of alkyl carbamates (subject to hydrolysis) is 1. The number of nitrogens with two attached hydrogens (primary N) is 1. The number of ether oxygens (including phenoxy) is 5. The molecule has 0 radical (unpaired) electrons. The first kappa shape index (κ1) is 52.9. The molecule has 0 heterocycles. The molecule has 19 nitrogen and oxygen atoms in total. The zero-order chi connectivity index (χ0) is 47.3. The number of guanidine groups is 1. The van der Waals surface area contributed by atoms with Crippen molar-refractivity contribution in [3.63, 3.8) is 0 Å². The minimum absolute atomic E-state index is 0.0943. The molecule has 356 valence electrons. The fourth-order valence-corrected chi connectivity index (χ4v) is 5.87. The van der Waals surface area contributed by atoms with Gasteiger partial charge >= 0.3 is 12.1 Å². The highest BCUT2D eigenvalue weighted by molar-refractivity contribution is 5.95. The van der Waals surface area contributed by atoms with Crippen molar-refractivity contribution >= 4 is 35.8 Å². The molecule has 0 saturated heterocycles. The maximum Gasteiger partial charge on any atom is 0.407 e. The van der Waals surface area contributed by atoms with Gasteiger partial charge in [0.05, 0.1) is 45.6 Å². The Hall–Kier alpha value is -6.44. The number of amides is 6. The van der Waals surface area contributed by atoms with Gasteiger partial charge in [-0.2, -0.15) is 0 Å². The molecule has 0 aliphatic carbocycles. The van der Waals surface area contributed by atoms with Crippen molar-refractivity contribution in [3.8, 4) is 11.5 Å². The SMILES string of the molecule is CCC(=O)NCCNC(=O)NC(N)=NCCC[C@@H](NC(=O)C(c1ccccc1)c1cccc(OCCOCCOCCOCCNC(=O)OC(C)(C)C)c1)C(=O)NCc1ccc(O)cc1. The quantitative estimate of drug-likeness (QED) is 0.0297. The highest BCUT2D eigenvalue weighted by Gasteiger charge is 2.28. The number of carbonyl (C=O) groups excluding carboxylic acids is 5. The molecule has 0 bridgehead atoms. The Balaban J connectivity index is 1.54. The van der Waals surface area contributed by atoms with Gasteiger partial charge in [0.1, 0.15) is 29.7 Å². The number of phenols is 1. The van der Waals surface area contributed by atoms with Gasteiger partial charge in [-0.1, -0.05) is 61.5 Å². The molecule has 6 amide bonds. The molecule has 3 aromatic rings.